The molecule has 0 aliphatic carbocycles. The van der Waals surface area contributed by atoms with Crippen molar-refractivity contribution in [3.63, 3.8) is 0 Å². The molecule has 7 heteroatoms. The van der Waals surface area contributed by atoms with Crippen LogP contribution in [0.15, 0.2) is 0 Å². The Balaban J connectivity index is 3.79. The zero-order chi connectivity index (χ0) is 11.6. The smallest absolute Gasteiger partial charge is 0.338 e. The number of hydrogen-bond donors (Lipinski definition) is 3. The fourth-order valence-electron chi connectivity index (χ4n) is 1.06. The second-order valence-corrected chi connectivity index (χ2v) is 2.54. The second-order valence-electron chi connectivity index (χ2n) is 2.54. The van der Waals surface area contributed by atoms with E-state index in [1.807, 2.05) is 0 Å². The molecule has 0 radical (unpaired) electrons. The highest BCUT2D eigenvalue weighted by Gasteiger charge is 2.22. The van der Waals surface area contributed by atoms with E-state index in [2.05, 4.69) is 4.98 Å². The highest BCUT2D eigenvalue weighted by molar-refractivity contribution is 5.96. The zero-order valence-electron chi connectivity index (χ0n) is 7.35. The third-order valence-electron chi connectivity index (χ3n) is 1.69. The molecular weight excluding hydrogens is 198 g/mol. The van der Waals surface area contributed by atoms with Crippen molar-refractivity contribution in [2.45, 2.75) is 0 Å². The van der Waals surface area contributed by atoms with Gasteiger partial charge in [-0.05, 0) is 0 Å². The molecule has 0 bridgehead atoms. The summed E-state index contributed by atoms with van der Waals surface area (Å²) >= 11 is 0. The number of nitriles is 2. The molecule has 1 rings (SSSR count). The summed E-state index contributed by atoms with van der Waals surface area (Å²) < 4.78 is 0. The molecule has 0 amide bonds. The van der Waals surface area contributed by atoms with Crippen LogP contribution >= 0.6 is 0 Å². The Bertz CT molecular complexity index is 485. The molecule has 0 aromatic carbocycles. The van der Waals surface area contributed by atoms with Gasteiger partial charge in [-0.15, -0.1) is 0 Å². The Labute approximate surface area is 84.2 Å². The number of nitrogens with zero attached hydrogens (tertiary/aromatic N) is 3. The molecule has 1 heterocycles. The number of carbonyl (C=O) groups is 1. The van der Waals surface area contributed by atoms with Crippen LogP contribution in [0.5, 0.6) is 0 Å². The largest absolute Gasteiger partial charge is 0.478 e. The SMILES string of the molecule is N#Cc1c(N)nc(N)c(C#N)c1C(=O)O. The van der Waals surface area contributed by atoms with Crippen LogP contribution in [0.4, 0.5) is 11.6 Å². The number of rotatable bonds is 1. The summed E-state index contributed by atoms with van der Waals surface area (Å²) in [6.45, 7) is 0. The molecule has 0 saturated carbocycles. The third-order valence-corrected chi connectivity index (χ3v) is 1.69. The molecule has 0 aliphatic heterocycles. The van der Waals surface area contributed by atoms with E-state index in [9.17, 15) is 4.79 Å². The van der Waals surface area contributed by atoms with Crippen molar-refractivity contribution in [2.75, 3.05) is 11.5 Å². The summed E-state index contributed by atoms with van der Waals surface area (Å²) in [6, 6.07) is 3.14. The van der Waals surface area contributed by atoms with E-state index in [0.29, 0.717) is 0 Å². The Morgan fingerprint density at radius 2 is 1.60 bits per heavy atom. The molecule has 74 valence electrons. The van der Waals surface area contributed by atoms with Crippen LogP contribution in [0.2, 0.25) is 0 Å². The van der Waals surface area contributed by atoms with Crippen molar-refractivity contribution in [3.8, 4) is 12.1 Å². The van der Waals surface area contributed by atoms with E-state index < -0.39 is 11.5 Å². The molecule has 7 nitrogen and oxygen atoms in total. The van der Waals surface area contributed by atoms with Crippen LogP contribution in [-0.2, 0) is 0 Å². The minimum atomic E-state index is -1.44. The highest BCUT2D eigenvalue weighted by atomic mass is 16.4. The minimum Gasteiger partial charge on any atom is -0.478 e. The minimum absolute atomic E-state index is 0.300. The average molecular weight is 203 g/mol. The first-order chi connectivity index (χ1) is 7.02. The number of carboxylic acid groups (broad SMARTS) is 1. The summed E-state index contributed by atoms with van der Waals surface area (Å²) in [5.74, 6) is -2.04. The van der Waals surface area contributed by atoms with Crippen LogP contribution in [0.25, 0.3) is 0 Å². The topological polar surface area (TPSA) is 150 Å². The number of aromatic nitrogens is 1. The average Bonchev–Trinajstić information content (AvgIpc) is 2.16. The van der Waals surface area contributed by atoms with Crippen LogP contribution in [0, 0.1) is 22.7 Å². The quantitative estimate of drug-likeness (QED) is 0.566. The van der Waals surface area contributed by atoms with Crippen molar-refractivity contribution in [2.24, 2.45) is 0 Å². The van der Waals surface area contributed by atoms with Gasteiger partial charge in [0.15, 0.2) is 0 Å². The molecule has 0 fully saturated rings. The summed E-state index contributed by atoms with van der Waals surface area (Å²) in [5.41, 5.74) is 9.40. The number of nitrogens with two attached hydrogens (primary N) is 2. The Kier molecular flexibility index (Phi) is 2.41. The van der Waals surface area contributed by atoms with E-state index in [1.165, 1.54) is 0 Å². The van der Waals surface area contributed by atoms with E-state index in [0.717, 1.165) is 0 Å². The van der Waals surface area contributed by atoms with E-state index in [-0.39, 0.29) is 22.8 Å². The molecule has 15 heavy (non-hydrogen) atoms. The molecule has 0 saturated heterocycles. The second kappa shape index (κ2) is 3.52. The van der Waals surface area contributed by atoms with Crippen molar-refractivity contribution < 1.29 is 9.90 Å². The van der Waals surface area contributed by atoms with Crippen molar-refractivity contribution in [1.82, 2.24) is 4.98 Å². The molecule has 0 aliphatic rings. The van der Waals surface area contributed by atoms with Crippen LogP contribution < -0.4 is 11.5 Å². The van der Waals surface area contributed by atoms with Crippen molar-refractivity contribution in [1.29, 1.82) is 10.5 Å². The van der Waals surface area contributed by atoms with Gasteiger partial charge in [0, 0.05) is 0 Å². The lowest BCUT2D eigenvalue weighted by Gasteiger charge is -2.05. The first-order valence-corrected chi connectivity index (χ1v) is 3.65. The number of anilines is 2. The van der Waals surface area contributed by atoms with E-state index in [4.69, 9.17) is 27.1 Å². The van der Waals surface area contributed by atoms with Crippen LogP contribution in [0.3, 0.4) is 0 Å². The molecular formula is C8H5N5O2. The zero-order valence-corrected chi connectivity index (χ0v) is 7.35. The summed E-state index contributed by atoms with van der Waals surface area (Å²) in [7, 11) is 0. The van der Waals surface area contributed by atoms with Gasteiger partial charge in [-0.2, -0.15) is 10.5 Å². The molecule has 0 spiro atoms. The fourth-order valence-corrected chi connectivity index (χ4v) is 1.06. The number of pyridine rings is 1. The molecule has 0 unspecified atom stereocenters. The molecule has 1 aromatic heterocycles. The van der Waals surface area contributed by atoms with Crippen LogP contribution in [-0.4, -0.2) is 16.1 Å². The third kappa shape index (κ3) is 1.49. The normalized spacial score (nSPS) is 8.93. The molecule has 5 N–H and O–H groups in total. The maximum absolute atomic E-state index is 10.8. The van der Waals surface area contributed by atoms with Gasteiger partial charge < -0.3 is 16.6 Å². The van der Waals surface area contributed by atoms with Gasteiger partial charge in [-0.25, -0.2) is 9.78 Å². The highest BCUT2D eigenvalue weighted by Crippen LogP contribution is 2.22. The van der Waals surface area contributed by atoms with Gasteiger partial charge in [0.25, 0.3) is 0 Å². The predicted molar refractivity (Wildman–Crippen MR) is 49.5 cm³/mol. The number of hydrogen-bond acceptors (Lipinski definition) is 6. The maximum atomic E-state index is 10.8. The van der Waals surface area contributed by atoms with Gasteiger partial charge in [0.05, 0.1) is 0 Å². The summed E-state index contributed by atoms with van der Waals surface area (Å²) in [4.78, 5) is 14.3. The predicted octanol–water partition coefficient (Wildman–Crippen LogP) is -0.312. The molecule has 1 aromatic rings. The van der Waals surface area contributed by atoms with Gasteiger partial charge in [0.1, 0.15) is 40.5 Å². The standard InChI is InChI=1S/C8H5N5O2/c9-1-3-5(8(14)15)4(2-10)7(12)13-6(3)11/h(H,14,15)(H4,11,12,13). The monoisotopic (exact) mass is 203 g/mol. The van der Waals surface area contributed by atoms with Crippen molar-refractivity contribution >= 4 is 17.6 Å². The Morgan fingerprint density at radius 3 is 1.87 bits per heavy atom. The van der Waals surface area contributed by atoms with Gasteiger partial charge >= 0.3 is 5.97 Å². The lowest BCUT2D eigenvalue weighted by molar-refractivity contribution is 0.0696. The first kappa shape index (κ1) is 10.3. The molecule has 0 atom stereocenters. The number of aromatic carboxylic acids is 1. The number of nitrogen functional groups attached to an aromatic ring is 2. The Hall–Kier alpha value is -2.80. The summed E-state index contributed by atoms with van der Waals surface area (Å²) in [6.07, 6.45) is 0. The number of carboxylic acids is 1. The first-order valence-electron chi connectivity index (χ1n) is 3.65. The maximum Gasteiger partial charge on any atom is 0.338 e. The van der Waals surface area contributed by atoms with Crippen molar-refractivity contribution in [3.05, 3.63) is 16.7 Å². The van der Waals surface area contributed by atoms with Gasteiger partial charge in [-0.3, -0.25) is 0 Å². The van der Waals surface area contributed by atoms with E-state index >= 15 is 0 Å². The lowest BCUT2D eigenvalue weighted by atomic mass is 10.0. The fraction of sp³-hybridized carbons (Fsp3) is 0. The van der Waals surface area contributed by atoms with E-state index in [1.54, 1.807) is 12.1 Å². The Morgan fingerprint density at radius 1 is 1.20 bits per heavy atom. The van der Waals surface area contributed by atoms with Gasteiger partial charge in [-0.1, -0.05) is 0 Å². The summed E-state index contributed by atoms with van der Waals surface area (Å²) in [5, 5.41) is 26.2. The van der Waals surface area contributed by atoms with Gasteiger partial charge in [0.2, 0.25) is 0 Å². The van der Waals surface area contributed by atoms with Crippen LogP contribution in [0.1, 0.15) is 21.5 Å². The lowest BCUT2D eigenvalue weighted by Crippen LogP contribution is -2.11.